The van der Waals surface area contributed by atoms with Gasteiger partial charge in [0.25, 0.3) is 5.91 Å². The minimum absolute atomic E-state index is 0.139. The monoisotopic (exact) mass is 329 g/mol. The first-order valence-corrected chi connectivity index (χ1v) is 9.01. The van der Waals surface area contributed by atoms with E-state index in [9.17, 15) is 4.79 Å². The molecule has 0 saturated carbocycles. The highest BCUT2D eigenvalue weighted by Gasteiger charge is 2.29. The maximum absolute atomic E-state index is 13.1. The van der Waals surface area contributed by atoms with Gasteiger partial charge in [-0.1, -0.05) is 6.92 Å². The number of rotatable bonds is 6. The maximum Gasteiger partial charge on any atom is 0.257 e. The first-order valence-electron chi connectivity index (χ1n) is 9.01. The third-order valence-electron chi connectivity index (χ3n) is 4.91. The lowest BCUT2D eigenvalue weighted by Gasteiger charge is -2.36. The molecule has 0 aromatic carbocycles. The summed E-state index contributed by atoms with van der Waals surface area (Å²) in [5, 5.41) is 8.65. The van der Waals surface area contributed by atoms with Crippen LogP contribution in [-0.2, 0) is 13.1 Å². The van der Waals surface area contributed by atoms with Crippen molar-refractivity contribution in [2.75, 3.05) is 6.54 Å². The summed E-state index contributed by atoms with van der Waals surface area (Å²) in [7, 11) is 0. The zero-order valence-corrected chi connectivity index (χ0v) is 14.7. The molecule has 6 nitrogen and oxygen atoms in total. The van der Waals surface area contributed by atoms with Crippen molar-refractivity contribution in [1.82, 2.24) is 24.5 Å². The first-order chi connectivity index (χ1) is 11.7. The molecule has 1 atom stereocenters. The number of hydrogen-bond donors (Lipinski definition) is 0. The molecule has 2 aromatic heterocycles. The molecule has 1 fully saturated rings. The number of amides is 1. The summed E-state index contributed by atoms with van der Waals surface area (Å²) in [6.45, 7) is 6.69. The molecule has 0 spiro atoms. The van der Waals surface area contributed by atoms with E-state index in [2.05, 4.69) is 22.0 Å². The van der Waals surface area contributed by atoms with Crippen molar-refractivity contribution in [3.05, 3.63) is 35.9 Å². The van der Waals surface area contributed by atoms with Crippen molar-refractivity contribution in [3.63, 3.8) is 0 Å². The number of aromatic nitrogens is 4. The maximum atomic E-state index is 13.1. The molecule has 1 amide bonds. The SMILES string of the molecule is CCCn1ncc(C(=O)N2CCCC[C@H]2CCn2cccn2)c1C. The smallest absolute Gasteiger partial charge is 0.257 e. The highest BCUT2D eigenvalue weighted by Crippen LogP contribution is 2.23. The summed E-state index contributed by atoms with van der Waals surface area (Å²) in [6, 6.07) is 2.24. The van der Waals surface area contributed by atoms with Crippen LogP contribution in [0.5, 0.6) is 0 Å². The molecule has 0 radical (unpaired) electrons. The van der Waals surface area contributed by atoms with Crippen LogP contribution in [0.2, 0.25) is 0 Å². The second-order valence-corrected chi connectivity index (χ2v) is 6.57. The van der Waals surface area contributed by atoms with E-state index in [0.29, 0.717) is 6.04 Å². The number of piperidine rings is 1. The van der Waals surface area contributed by atoms with E-state index in [1.54, 1.807) is 12.4 Å². The molecule has 3 rings (SSSR count). The van der Waals surface area contributed by atoms with Gasteiger partial charge in [-0.15, -0.1) is 0 Å². The molecular formula is C18H27N5O. The van der Waals surface area contributed by atoms with Crippen LogP contribution in [0.1, 0.15) is 55.1 Å². The summed E-state index contributed by atoms with van der Waals surface area (Å²) < 4.78 is 3.89. The quantitative estimate of drug-likeness (QED) is 0.819. The fourth-order valence-corrected chi connectivity index (χ4v) is 3.53. The number of aryl methyl sites for hydroxylation is 2. The summed E-state index contributed by atoms with van der Waals surface area (Å²) >= 11 is 0. The van der Waals surface area contributed by atoms with Crippen LogP contribution in [0, 0.1) is 6.92 Å². The average Bonchev–Trinajstić information content (AvgIpc) is 3.24. The Bertz CT molecular complexity index is 661. The predicted octanol–water partition coefficient (Wildman–Crippen LogP) is 2.88. The van der Waals surface area contributed by atoms with Gasteiger partial charge < -0.3 is 4.90 Å². The number of carbonyl (C=O) groups is 1. The zero-order chi connectivity index (χ0) is 16.9. The van der Waals surface area contributed by atoms with Crippen molar-refractivity contribution in [2.45, 2.75) is 65.1 Å². The van der Waals surface area contributed by atoms with Crippen LogP contribution in [0.25, 0.3) is 0 Å². The lowest BCUT2D eigenvalue weighted by atomic mass is 9.98. The van der Waals surface area contributed by atoms with E-state index in [1.807, 2.05) is 28.6 Å². The summed E-state index contributed by atoms with van der Waals surface area (Å²) in [6.07, 6.45) is 10.9. The van der Waals surface area contributed by atoms with Gasteiger partial charge in [0, 0.05) is 43.8 Å². The molecule has 0 N–H and O–H groups in total. The molecule has 24 heavy (non-hydrogen) atoms. The predicted molar refractivity (Wildman–Crippen MR) is 92.8 cm³/mol. The molecule has 2 aromatic rings. The number of carbonyl (C=O) groups excluding carboxylic acids is 1. The lowest BCUT2D eigenvalue weighted by molar-refractivity contribution is 0.0593. The summed E-state index contributed by atoms with van der Waals surface area (Å²) in [5.41, 5.74) is 1.74. The van der Waals surface area contributed by atoms with Crippen LogP contribution in [0.15, 0.2) is 24.7 Å². The van der Waals surface area contributed by atoms with E-state index in [-0.39, 0.29) is 5.91 Å². The van der Waals surface area contributed by atoms with E-state index < -0.39 is 0 Å². The third-order valence-corrected chi connectivity index (χ3v) is 4.91. The lowest BCUT2D eigenvalue weighted by Crippen LogP contribution is -2.44. The summed E-state index contributed by atoms with van der Waals surface area (Å²) in [5.74, 6) is 0.139. The Kier molecular flexibility index (Phi) is 5.33. The normalized spacial score (nSPS) is 18.1. The van der Waals surface area contributed by atoms with Crippen LogP contribution in [-0.4, -0.2) is 43.0 Å². The largest absolute Gasteiger partial charge is 0.335 e. The molecule has 130 valence electrons. The highest BCUT2D eigenvalue weighted by atomic mass is 16.2. The van der Waals surface area contributed by atoms with Crippen molar-refractivity contribution in [3.8, 4) is 0 Å². The van der Waals surface area contributed by atoms with Crippen molar-refractivity contribution >= 4 is 5.91 Å². The highest BCUT2D eigenvalue weighted by molar-refractivity contribution is 5.95. The zero-order valence-electron chi connectivity index (χ0n) is 14.7. The average molecular weight is 329 g/mol. The fourth-order valence-electron chi connectivity index (χ4n) is 3.53. The Hall–Kier alpha value is -2.11. The van der Waals surface area contributed by atoms with Crippen LogP contribution >= 0.6 is 0 Å². The van der Waals surface area contributed by atoms with Gasteiger partial charge in [-0.05, 0) is 45.1 Å². The molecule has 1 aliphatic rings. The van der Waals surface area contributed by atoms with Gasteiger partial charge in [-0.3, -0.25) is 14.2 Å². The molecule has 6 heteroatoms. The van der Waals surface area contributed by atoms with E-state index >= 15 is 0 Å². The van der Waals surface area contributed by atoms with Gasteiger partial charge in [0.2, 0.25) is 0 Å². The fraction of sp³-hybridized carbons (Fsp3) is 0.611. The van der Waals surface area contributed by atoms with Gasteiger partial charge in [-0.25, -0.2) is 0 Å². The molecule has 1 aliphatic heterocycles. The third kappa shape index (κ3) is 3.52. The molecule has 0 bridgehead atoms. The van der Waals surface area contributed by atoms with Gasteiger partial charge in [0.15, 0.2) is 0 Å². The summed E-state index contributed by atoms with van der Waals surface area (Å²) in [4.78, 5) is 15.1. The Morgan fingerprint density at radius 1 is 1.29 bits per heavy atom. The van der Waals surface area contributed by atoms with Gasteiger partial charge in [0.1, 0.15) is 0 Å². The molecule has 0 unspecified atom stereocenters. The van der Waals surface area contributed by atoms with Crippen LogP contribution in [0.3, 0.4) is 0 Å². The minimum atomic E-state index is 0.139. The number of hydrogen-bond acceptors (Lipinski definition) is 3. The second kappa shape index (κ2) is 7.64. The van der Waals surface area contributed by atoms with Crippen molar-refractivity contribution in [2.24, 2.45) is 0 Å². The Morgan fingerprint density at radius 2 is 2.17 bits per heavy atom. The van der Waals surface area contributed by atoms with Gasteiger partial charge >= 0.3 is 0 Å². The molecule has 1 saturated heterocycles. The van der Waals surface area contributed by atoms with Crippen molar-refractivity contribution < 1.29 is 4.79 Å². The second-order valence-electron chi connectivity index (χ2n) is 6.57. The molecular weight excluding hydrogens is 302 g/mol. The standard InChI is InChI=1S/C18H27N5O/c1-3-10-23-15(2)17(14-20-23)18(24)22-12-5-4-7-16(22)8-13-21-11-6-9-19-21/h6,9,11,14,16H,3-5,7-8,10,12-13H2,1-2H3/t16-/m0/s1. The van der Waals surface area contributed by atoms with Gasteiger partial charge in [0.05, 0.1) is 11.8 Å². The van der Waals surface area contributed by atoms with Crippen molar-refractivity contribution in [1.29, 1.82) is 0 Å². The Balaban J connectivity index is 1.71. The molecule has 0 aliphatic carbocycles. The van der Waals surface area contributed by atoms with Crippen LogP contribution in [0.4, 0.5) is 0 Å². The van der Waals surface area contributed by atoms with Gasteiger partial charge in [-0.2, -0.15) is 10.2 Å². The van der Waals surface area contributed by atoms with E-state index in [0.717, 1.165) is 56.6 Å². The first kappa shape index (κ1) is 16.7. The number of nitrogens with zero attached hydrogens (tertiary/aromatic N) is 5. The number of likely N-dealkylation sites (tertiary alicyclic amines) is 1. The van der Waals surface area contributed by atoms with E-state index in [4.69, 9.17) is 0 Å². The Morgan fingerprint density at radius 3 is 2.92 bits per heavy atom. The van der Waals surface area contributed by atoms with Crippen LogP contribution < -0.4 is 0 Å². The molecule has 3 heterocycles. The van der Waals surface area contributed by atoms with E-state index in [1.165, 1.54) is 6.42 Å². The Labute approximate surface area is 143 Å². The minimum Gasteiger partial charge on any atom is -0.335 e. The topological polar surface area (TPSA) is 56.0 Å².